The number of aryl methyl sites for hydroxylation is 5. The lowest BCUT2D eigenvalue weighted by molar-refractivity contribution is 0.792. The van der Waals surface area contributed by atoms with Crippen LogP contribution in [-0.2, 0) is 0 Å². The second kappa shape index (κ2) is 44.6. The predicted octanol–water partition coefficient (Wildman–Crippen LogP) is 31.1. The van der Waals surface area contributed by atoms with Gasteiger partial charge in [0.05, 0.1) is 24.2 Å². The maximum absolute atomic E-state index is 2.57. The molecule has 0 aromatic heterocycles. The summed E-state index contributed by atoms with van der Waals surface area (Å²) in [4.78, 5) is 0. The second-order valence-electron chi connectivity index (χ2n) is 37.2. The predicted molar refractivity (Wildman–Crippen MR) is 487 cm³/mol. The van der Waals surface area contributed by atoms with Gasteiger partial charge in [-0.2, -0.15) is 0 Å². The molecule has 0 N–H and O–H groups in total. The Morgan fingerprint density at radius 1 is 0.192 bits per heavy atom. The van der Waals surface area contributed by atoms with Gasteiger partial charge in [-0.1, -0.05) is 415 Å². The van der Waals surface area contributed by atoms with E-state index in [2.05, 4.69) is 432 Å². The van der Waals surface area contributed by atoms with E-state index in [4.69, 9.17) is 0 Å². The van der Waals surface area contributed by atoms with Gasteiger partial charge < -0.3 is 0 Å². The van der Waals surface area contributed by atoms with Crippen LogP contribution in [0.5, 0.6) is 0 Å². The number of hydrogen-bond donors (Lipinski definition) is 0. The normalized spacial score (nSPS) is 11.6. The lowest BCUT2D eigenvalue weighted by Crippen LogP contribution is -2.53. The average molecular weight is 1460 g/mol. The Kier molecular flexibility index (Phi) is 41.4. The van der Waals surface area contributed by atoms with Crippen LogP contribution in [0.4, 0.5) is 0 Å². The molecular weight excluding hydrogens is 1300 g/mol. The molecule has 104 heavy (non-hydrogen) atoms. The maximum Gasteiger partial charge on any atom is 0.0779 e. The van der Waals surface area contributed by atoms with Crippen molar-refractivity contribution < 1.29 is 0 Å². The zero-order valence-corrected chi connectivity index (χ0v) is 78.4. The molecule has 0 atom stereocenters. The van der Waals surface area contributed by atoms with Crippen LogP contribution in [0.15, 0.2) is 152 Å². The van der Waals surface area contributed by atoms with Crippen molar-refractivity contribution in [2.24, 2.45) is 0 Å². The van der Waals surface area contributed by atoms with Crippen molar-refractivity contribution in [3.8, 4) is 0 Å². The molecule has 0 unspecified atom stereocenters. The zero-order valence-electron chi connectivity index (χ0n) is 75.4. The molecule has 0 radical (unpaired) electrons. The molecule has 8 rings (SSSR count). The van der Waals surface area contributed by atoms with E-state index in [1.54, 1.807) is 21.1 Å². The van der Waals surface area contributed by atoms with Gasteiger partial charge in [0, 0.05) is 0 Å². The summed E-state index contributed by atoms with van der Waals surface area (Å²) >= 11 is 0. The van der Waals surface area contributed by atoms with Crippen LogP contribution < -0.4 is 15.6 Å². The van der Waals surface area contributed by atoms with Gasteiger partial charge in [0.2, 0.25) is 0 Å². The Bertz CT molecular complexity index is 3650. The van der Waals surface area contributed by atoms with Crippen molar-refractivity contribution in [2.75, 3.05) is 0 Å². The SMILES string of the molecule is Cc1c(C(C)C)cc(C(C)C)cc1C(C)C.Cc1c(C(C)C)cccc1C(C)C.Cc1c([Si](C)(C)C)cc([Si](C)(C)C)cc1[Si](C)(C)C.Cc1cc(C(C)C)cc(C(C)C)c1.Cc1ccc(C(C)C)cc1.Cc1ccc(C(C)C)cc1C(C)C.Cc1cccc(C(C)C)c1.Cc1ccccc1C(C)C. The third kappa shape index (κ3) is 33.3. The van der Waals surface area contributed by atoms with Crippen molar-refractivity contribution in [3.05, 3.63) is 263 Å². The van der Waals surface area contributed by atoms with E-state index in [0.29, 0.717) is 71.0 Å². The fourth-order valence-electron chi connectivity index (χ4n) is 13.3. The molecular formula is C101H160Si3. The molecule has 0 heterocycles. The summed E-state index contributed by atoms with van der Waals surface area (Å²) < 4.78 is 0. The largest absolute Gasteiger partial charge is 0.0779 e. The van der Waals surface area contributed by atoms with E-state index in [-0.39, 0.29) is 0 Å². The number of benzene rings is 8. The summed E-state index contributed by atoms with van der Waals surface area (Å²) in [5.74, 6) is 7.65. The van der Waals surface area contributed by atoms with Crippen molar-refractivity contribution >= 4 is 39.8 Å². The molecule has 8 aromatic carbocycles. The molecule has 0 aliphatic carbocycles. The van der Waals surface area contributed by atoms with Crippen LogP contribution in [0.2, 0.25) is 58.9 Å². The molecule has 0 aliphatic heterocycles. The highest BCUT2D eigenvalue weighted by Gasteiger charge is 2.29. The summed E-state index contributed by atoms with van der Waals surface area (Å²) in [7, 11) is -3.74. The van der Waals surface area contributed by atoms with Crippen molar-refractivity contribution in [2.45, 2.75) is 351 Å². The van der Waals surface area contributed by atoms with Gasteiger partial charge in [-0.25, -0.2) is 0 Å². The first-order valence-corrected chi connectivity index (χ1v) is 51.1. The molecule has 0 aliphatic rings. The van der Waals surface area contributed by atoms with E-state index in [1.807, 2.05) is 0 Å². The summed E-state index contributed by atoms with van der Waals surface area (Å²) in [5, 5.41) is 5.06. The highest BCUT2D eigenvalue weighted by Crippen LogP contribution is 2.33. The monoisotopic (exact) mass is 1460 g/mol. The van der Waals surface area contributed by atoms with E-state index in [1.165, 1.54) is 106 Å². The fraction of sp³-hybridized carbons (Fsp3) is 0.525. The maximum atomic E-state index is 2.57. The Balaban J connectivity index is 0.000000600. The highest BCUT2D eigenvalue weighted by molar-refractivity contribution is 6.94. The van der Waals surface area contributed by atoms with Crippen LogP contribution in [0, 0.1) is 55.4 Å². The Morgan fingerprint density at radius 2 is 0.500 bits per heavy atom. The number of rotatable bonds is 15. The van der Waals surface area contributed by atoms with Gasteiger partial charge in [0.25, 0.3) is 0 Å². The van der Waals surface area contributed by atoms with Crippen molar-refractivity contribution in [1.29, 1.82) is 0 Å². The third-order valence-electron chi connectivity index (χ3n) is 20.3. The smallest absolute Gasteiger partial charge is 0.0656 e. The van der Waals surface area contributed by atoms with Gasteiger partial charge in [0.15, 0.2) is 0 Å². The quantitative estimate of drug-likeness (QED) is 0.0898. The van der Waals surface area contributed by atoms with Gasteiger partial charge in [-0.05, 0) is 215 Å². The number of hydrogen-bond acceptors (Lipinski definition) is 0. The van der Waals surface area contributed by atoms with E-state index < -0.39 is 24.2 Å². The van der Waals surface area contributed by atoms with Crippen LogP contribution in [0.1, 0.15) is 348 Å². The first kappa shape index (κ1) is 96.4. The van der Waals surface area contributed by atoms with Crippen LogP contribution in [-0.4, -0.2) is 24.2 Å². The van der Waals surface area contributed by atoms with E-state index in [9.17, 15) is 0 Å². The summed E-state index contributed by atoms with van der Waals surface area (Å²) in [5.41, 5.74) is 29.2. The van der Waals surface area contributed by atoms with Crippen LogP contribution in [0.25, 0.3) is 0 Å². The lowest BCUT2D eigenvalue weighted by atomic mass is 9.85. The molecule has 576 valence electrons. The molecule has 8 aromatic rings. The molecule has 3 heteroatoms. The molecule has 0 fully saturated rings. The standard InChI is InChI=1S/C16H32Si3.C16H26.3C13H20.3C10H14/c1-13-15(18(5,6)7)11-14(17(2,3)4)12-16(13)19(8,9)10;1-10(2)14-8-15(11(3)4)13(7)16(9-14)12(5)6;1-9(2)12-6-11(5)7-13(8-12)10(3)4;1-9(2)12-7-6-11(5)13(8-12)10(3)4;1-9(2)12-7-6-8-13(10(3)4)11(12)5;1-8(2)10-6-4-9(3)5-7-10;1-8(2)10-6-4-5-9(3)7-10;1-8(2)10-7-5-4-6-9(10)3/h11-12H,1-10H3;8-12H,1-7H3;3*6-10H,1-5H3;3*4-8H,1-3H3. The fourth-order valence-corrected chi connectivity index (χ4v) is 18.6. The zero-order chi connectivity index (χ0) is 80.4. The minimum absolute atomic E-state index is 0.621. The van der Waals surface area contributed by atoms with Gasteiger partial charge in [-0.15, -0.1) is 0 Å². The highest BCUT2D eigenvalue weighted by atomic mass is 28.3. The molecule has 0 bridgehead atoms. The molecule has 0 amide bonds. The lowest BCUT2D eigenvalue weighted by Gasteiger charge is -2.30. The van der Waals surface area contributed by atoms with E-state index in [0.717, 1.165) is 0 Å². The summed E-state index contributed by atoms with van der Waals surface area (Å²) in [6, 6.07) is 56.3. The Labute approximate surface area is 649 Å². The summed E-state index contributed by atoms with van der Waals surface area (Å²) in [6.45, 7) is 94.0. The first-order chi connectivity index (χ1) is 47.8. The van der Waals surface area contributed by atoms with Crippen molar-refractivity contribution in [3.63, 3.8) is 0 Å². The van der Waals surface area contributed by atoms with E-state index >= 15 is 0 Å². The summed E-state index contributed by atoms with van der Waals surface area (Å²) in [6.07, 6.45) is 0. The second-order valence-corrected chi connectivity index (χ2v) is 52.3. The Morgan fingerprint density at radius 3 is 0.827 bits per heavy atom. The molecule has 0 saturated carbocycles. The van der Waals surface area contributed by atoms with Crippen molar-refractivity contribution in [1.82, 2.24) is 0 Å². The molecule has 0 spiro atoms. The first-order valence-electron chi connectivity index (χ1n) is 40.6. The third-order valence-corrected chi connectivity index (χ3v) is 26.6. The van der Waals surface area contributed by atoms with Gasteiger partial charge >= 0.3 is 0 Å². The molecule has 0 saturated heterocycles. The van der Waals surface area contributed by atoms with Crippen LogP contribution >= 0.6 is 0 Å². The van der Waals surface area contributed by atoms with Gasteiger partial charge in [-0.3, -0.25) is 0 Å². The van der Waals surface area contributed by atoms with Gasteiger partial charge in [0.1, 0.15) is 0 Å². The van der Waals surface area contributed by atoms with Crippen LogP contribution in [0.3, 0.4) is 0 Å². The average Bonchev–Trinajstić information content (AvgIpc) is 0.769. The Hall–Kier alpha value is -5.59. The molecule has 0 nitrogen and oxygen atoms in total. The minimum atomic E-state index is -1.25. The minimum Gasteiger partial charge on any atom is -0.0656 e. The topological polar surface area (TPSA) is 0 Å².